The molecule has 13 heavy (non-hydrogen) atoms. The van der Waals surface area contributed by atoms with Gasteiger partial charge in [-0.15, -0.1) is 0 Å². The molecule has 0 aromatic rings. The van der Waals surface area contributed by atoms with E-state index >= 15 is 0 Å². The maximum atomic E-state index is 11.7. The van der Waals surface area contributed by atoms with Crippen molar-refractivity contribution in [2.75, 3.05) is 18.6 Å². The van der Waals surface area contributed by atoms with E-state index in [-0.39, 0.29) is 11.6 Å². The normalized spacial score (nSPS) is 20.6. The highest BCUT2D eigenvalue weighted by molar-refractivity contribution is 8.01. The van der Waals surface area contributed by atoms with Crippen LogP contribution < -0.4 is 5.32 Å². The molecule has 1 saturated heterocycles. The van der Waals surface area contributed by atoms with Gasteiger partial charge in [0.05, 0.1) is 0 Å². The third-order valence-electron chi connectivity index (χ3n) is 1.97. The summed E-state index contributed by atoms with van der Waals surface area (Å²) in [5.41, 5.74) is -0.806. The van der Waals surface area contributed by atoms with Gasteiger partial charge in [0.15, 0.2) is 0 Å². The number of hydrogen-bond donors (Lipinski definition) is 1. The smallest absolute Gasteiger partial charge is 0.328 e. The zero-order chi connectivity index (χ0) is 10.1. The maximum Gasteiger partial charge on any atom is 0.328 e. The Kier molecular flexibility index (Phi) is 2.92. The lowest BCUT2D eigenvalue weighted by Gasteiger charge is -2.39. The van der Waals surface area contributed by atoms with Crippen LogP contribution in [0.4, 0.5) is 0 Å². The number of ether oxygens (including phenoxy) is 1. The summed E-state index contributed by atoms with van der Waals surface area (Å²) in [6.07, 6.45) is 0. The topological polar surface area (TPSA) is 38.3 Å². The van der Waals surface area contributed by atoms with E-state index < -0.39 is 5.54 Å². The van der Waals surface area contributed by atoms with E-state index in [9.17, 15) is 4.79 Å². The number of likely N-dealkylation sites (N-methyl/N-ethyl adjacent to an activating group) is 1. The van der Waals surface area contributed by atoms with Crippen molar-refractivity contribution in [1.82, 2.24) is 5.32 Å². The second kappa shape index (κ2) is 3.50. The van der Waals surface area contributed by atoms with Crippen molar-refractivity contribution in [3.63, 3.8) is 0 Å². The lowest BCUT2D eigenvalue weighted by atomic mass is 10.0. The third kappa shape index (κ3) is 2.38. The predicted octanol–water partition coefficient (Wildman–Crippen LogP) is 1.03. The largest absolute Gasteiger partial charge is 0.459 e. The number of esters is 1. The predicted molar refractivity (Wildman–Crippen MR) is 55.0 cm³/mol. The SMILES string of the molecule is CNC1(C(=O)OC(C)(C)C)CSC1. The first-order chi connectivity index (χ1) is 5.90. The minimum Gasteiger partial charge on any atom is -0.459 e. The van der Waals surface area contributed by atoms with Crippen LogP contribution in [0.1, 0.15) is 20.8 Å². The van der Waals surface area contributed by atoms with Gasteiger partial charge in [-0.3, -0.25) is 0 Å². The van der Waals surface area contributed by atoms with Crippen LogP contribution in [0.25, 0.3) is 0 Å². The van der Waals surface area contributed by atoms with Gasteiger partial charge in [-0.1, -0.05) is 0 Å². The van der Waals surface area contributed by atoms with E-state index in [2.05, 4.69) is 5.32 Å². The quantitative estimate of drug-likeness (QED) is 0.680. The van der Waals surface area contributed by atoms with Crippen LogP contribution >= 0.6 is 11.8 Å². The fourth-order valence-corrected chi connectivity index (χ4v) is 2.18. The molecule has 0 aromatic heterocycles. The molecular weight excluding hydrogens is 186 g/mol. The number of nitrogens with one attached hydrogen (secondary N) is 1. The Hall–Kier alpha value is -0.220. The number of carbonyl (C=O) groups excluding carboxylic acids is 1. The zero-order valence-electron chi connectivity index (χ0n) is 8.64. The summed E-state index contributed by atoms with van der Waals surface area (Å²) < 4.78 is 5.32. The van der Waals surface area contributed by atoms with Crippen LogP contribution in [-0.4, -0.2) is 35.7 Å². The molecule has 1 aliphatic rings. The molecule has 4 heteroatoms. The van der Waals surface area contributed by atoms with Gasteiger partial charge in [0.25, 0.3) is 0 Å². The van der Waals surface area contributed by atoms with Crippen molar-refractivity contribution in [2.24, 2.45) is 0 Å². The Balaban J connectivity index is 2.56. The van der Waals surface area contributed by atoms with Crippen molar-refractivity contribution >= 4 is 17.7 Å². The first-order valence-corrected chi connectivity index (χ1v) is 5.55. The molecule has 0 saturated carbocycles. The zero-order valence-corrected chi connectivity index (χ0v) is 9.46. The van der Waals surface area contributed by atoms with E-state index in [1.54, 1.807) is 11.8 Å². The number of thioether (sulfide) groups is 1. The van der Waals surface area contributed by atoms with Crippen LogP contribution in [0.5, 0.6) is 0 Å². The van der Waals surface area contributed by atoms with Crippen molar-refractivity contribution in [2.45, 2.75) is 31.9 Å². The summed E-state index contributed by atoms with van der Waals surface area (Å²) in [5, 5.41) is 3.04. The van der Waals surface area contributed by atoms with Gasteiger partial charge in [-0.25, -0.2) is 4.79 Å². The Bertz CT molecular complexity index is 201. The van der Waals surface area contributed by atoms with Crippen LogP contribution in [0.15, 0.2) is 0 Å². The molecule has 3 nitrogen and oxygen atoms in total. The van der Waals surface area contributed by atoms with E-state index in [4.69, 9.17) is 4.74 Å². The lowest BCUT2D eigenvalue weighted by molar-refractivity contribution is -0.161. The van der Waals surface area contributed by atoms with E-state index in [0.717, 1.165) is 11.5 Å². The third-order valence-corrected chi connectivity index (χ3v) is 3.36. The average Bonchev–Trinajstić information content (AvgIpc) is 1.80. The monoisotopic (exact) mass is 203 g/mol. The van der Waals surface area contributed by atoms with Crippen molar-refractivity contribution in [3.05, 3.63) is 0 Å². The average molecular weight is 203 g/mol. The first kappa shape index (κ1) is 10.9. The van der Waals surface area contributed by atoms with Gasteiger partial charge in [0.1, 0.15) is 11.1 Å². The van der Waals surface area contributed by atoms with Crippen molar-refractivity contribution in [3.8, 4) is 0 Å². The summed E-state index contributed by atoms with van der Waals surface area (Å²) >= 11 is 1.76. The molecule has 1 heterocycles. The van der Waals surface area contributed by atoms with E-state index in [1.165, 1.54) is 0 Å². The molecule has 1 N–H and O–H groups in total. The van der Waals surface area contributed by atoms with Gasteiger partial charge >= 0.3 is 5.97 Å². The lowest BCUT2D eigenvalue weighted by Crippen LogP contribution is -2.62. The standard InChI is InChI=1S/C9H17NO2S/c1-8(2,3)12-7(11)9(10-4)5-13-6-9/h10H,5-6H2,1-4H3. The van der Waals surface area contributed by atoms with E-state index in [0.29, 0.717) is 0 Å². The minimum atomic E-state index is -0.419. The summed E-state index contributed by atoms with van der Waals surface area (Å²) in [6.45, 7) is 5.67. The van der Waals surface area contributed by atoms with Crippen molar-refractivity contribution in [1.29, 1.82) is 0 Å². The molecule has 0 unspecified atom stereocenters. The van der Waals surface area contributed by atoms with Gasteiger partial charge in [-0.05, 0) is 27.8 Å². The Labute approximate surface area is 83.6 Å². The molecule has 0 bridgehead atoms. The second-order valence-corrected chi connectivity index (χ2v) is 5.31. The van der Waals surface area contributed by atoms with E-state index in [1.807, 2.05) is 27.8 Å². The fourth-order valence-electron chi connectivity index (χ4n) is 1.05. The highest BCUT2D eigenvalue weighted by atomic mass is 32.2. The number of carbonyl (C=O) groups is 1. The molecule has 1 rings (SSSR count). The molecule has 0 spiro atoms. The summed E-state index contributed by atoms with van der Waals surface area (Å²) in [4.78, 5) is 11.7. The van der Waals surface area contributed by atoms with Crippen LogP contribution in [0.3, 0.4) is 0 Å². The molecule has 1 aliphatic heterocycles. The Morgan fingerprint density at radius 2 is 2.00 bits per heavy atom. The maximum absolute atomic E-state index is 11.7. The van der Waals surface area contributed by atoms with Crippen LogP contribution in [0, 0.1) is 0 Å². The summed E-state index contributed by atoms with van der Waals surface area (Å²) in [7, 11) is 1.81. The van der Waals surface area contributed by atoms with Crippen molar-refractivity contribution < 1.29 is 9.53 Å². The number of rotatable bonds is 2. The van der Waals surface area contributed by atoms with Gasteiger partial charge < -0.3 is 10.1 Å². The van der Waals surface area contributed by atoms with Crippen LogP contribution in [0.2, 0.25) is 0 Å². The minimum absolute atomic E-state index is 0.124. The second-order valence-electron chi connectivity index (χ2n) is 4.33. The highest BCUT2D eigenvalue weighted by Gasteiger charge is 2.46. The molecular formula is C9H17NO2S. The first-order valence-electron chi connectivity index (χ1n) is 4.40. The summed E-state index contributed by atoms with van der Waals surface area (Å²) in [5.74, 6) is 1.51. The van der Waals surface area contributed by atoms with Gasteiger partial charge in [-0.2, -0.15) is 11.8 Å². The molecule has 0 aliphatic carbocycles. The van der Waals surface area contributed by atoms with Crippen LogP contribution in [-0.2, 0) is 9.53 Å². The van der Waals surface area contributed by atoms with Gasteiger partial charge in [0.2, 0.25) is 0 Å². The number of hydrogen-bond acceptors (Lipinski definition) is 4. The molecule has 76 valence electrons. The Morgan fingerprint density at radius 1 is 1.46 bits per heavy atom. The fraction of sp³-hybridized carbons (Fsp3) is 0.889. The molecule has 1 fully saturated rings. The molecule has 0 aromatic carbocycles. The summed E-state index contributed by atoms with van der Waals surface area (Å²) in [6, 6.07) is 0. The molecule has 0 radical (unpaired) electrons. The Morgan fingerprint density at radius 3 is 2.23 bits per heavy atom. The highest BCUT2D eigenvalue weighted by Crippen LogP contribution is 2.31. The van der Waals surface area contributed by atoms with Gasteiger partial charge in [0, 0.05) is 11.5 Å². The molecule has 0 atom stereocenters. The molecule has 0 amide bonds.